The van der Waals surface area contributed by atoms with E-state index in [0.717, 1.165) is 53.2 Å². The van der Waals surface area contributed by atoms with E-state index in [4.69, 9.17) is 28.9 Å². The number of amides is 1. The van der Waals surface area contributed by atoms with Gasteiger partial charge in [-0.15, -0.1) is 13.2 Å². The predicted octanol–water partition coefficient (Wildman–Crippen LogP) is 10.4. The van der Waals surface area contributed by atoms with E-state index >= 15 is 0 Å². The van der Waals surface area contributed by atoms with E-state index in [2.05, 4.69) is 37.4 Å². The zero-order chi connectivity index (χ0) is 44.2. The lowest BCUT2D eigenvalue weighted by Gasteiger charge is -2.59. The average molecular weight is 861 g/mol. The second kappa shape index (κ2) is 21.7. The number of oxime groups is 1. The summed E-state index contributed by atoms with van der Waals surface area (Å²) in [6, 6.07) is 25.7. The fraction of sp³-hybridized carbons (Fsp3) is 0.423. The molecule has 2 N–H and O–H groups in total. The molecule has 7 rings (SSSR count). The van der Waals surface area contributed by atoms with Crippen molar-refractivity contribution in [2.75, 3.05) is 33.0 Å². The molecule has 1 amide bonds. The van der Waals surface area contributed by atoms with Crippen LogP contribution in [0.1, 0.15) is 80.9 Å². The van der Waals surface area contributed by atoms with Crippen LogP contribution in [0.3, 0.4) is 0 Å². The standard InChI is InChI=1S/C52H61FN2O8/c1-4-7-30-59-51(58)55(34-38-21-16-20-36-17-8-10-22-41(36)38)48-33-46(54-62-6-3)43-31-37(18-12-14-27-56)42(23-13-15-28-57)49-44-32-40(60-35-39-19-9-11-24-45(39)53)25-26-47(44)63-52(48,50(43)49)61-29-5-2/h4-5,8-11,16-17,19-22,24-26,31-32,37,42,48-50,56-57H,1-2,6-7,12-15,18,23,27-30,33-35H2,3H3. The lowest BCUT2D eigenvalue weighted by molar-refractivity contribution is -0.256. The number of halogens is 1. The number of nitrogens with zero attached hydrogens (tertiary/aromatic N) is 2. The van der Waals surface area contributed by atoms with Gasteiger partial charge < -0.3 is 34.0 Å². The monoisotopic (exact) mass is 860 g/mol. The quantitative estimate of drug-likeness (QED) is 0.0456. The molecule has 1 heterocycles. The SMILES string of the molecule is C=CCCOC(=O)N(Cc1cccc2ccccc12)C1CC(=NOCC)C2=CC(CCCCO)C(CCCCO)C3c4cc(OCc5ccccc5F)ccc4OC1(OCC=C)C23. The molecule has 4 aromatic rings. The first kappa shape index (κ1) is 45.5. The third kappa shape index (κ3) is 10.0. The number of aliphatic hydroxyl groups is 2. The van der Waals surface area contributed by atoms with Crippen molar-refractivity contribution in [1.29, 1.82) is 0 Å². The molecule has 0 spiro atoms. The molecule has 0 bridgehead atoms. The molecule has 1 saturated carbocycles. The highest BCUT2D eigenvalue weighted by molar-refractivity contribution is 6.03. The maximum atomic E-state index is 14.8. The Labute approximate surface area is 370 Å². The molecule has 1 fully saturated rings. The number of hydrogen-bond donors (Lipinski definition) is 2. The average Bonchev–Trinajstić information content (AvgIpc) is 3.30. The lowest BCUT2D eigenvalue weighted by atomic mass is 9.55. The summed E-state index contributed by atoms with van der Waals surface area (Å²) < 4.78 is 41.7. The first-order valence-corrected chi connectivity index (χ1v) is 22.4. The van der Waals surface area contributed by atoms with Gasteiger partial charge in [0.25, 0.3) is 0 Å². The fourth-order valence-electron chi connectivity index (χ4n) is 9.89. The van der Waals surface area contributed by atoms with Gasteiger partial charge >= 0.3 is 6.09 Å². The van der Waals surface area contributed by atoms with Gasteiger partial charge in [0.05, 0.1) is 31.4 Å². The van der Waals surface area contributed by atoms with E-state index in [0.29, 0.717) is 48.6 Å². The van der Waals surface area contributed by atoms with Crippen LogP contribution in [0.25, 0.3) is 10.8 Å². The Balaban J connectivity index is 1.44. The second-order valence-electron chi connectivity index (χ2n) is 16.5. The zero-order valence-corrected chi connectivity index (χ0v) is 36.3. The van der Waals surface area contributed by atoms with Gasteiger partial charge in [0, 0.05) is 36.7 Å². The van der Waals surface area contributed by atoms with Gasteiger partial charge in [0.2, 0.25) is 5.79 Å². The number of hydrogen-bond acceptors (Lipinski definition) is 9. The van der Waals surface area contributed by atoms with Crippen molar-refractivity contribution in [3.05, 3.63) is 144 Å². The van der Waals surface area contributed by atoms with E-state index in [1.807, 2.05) is 49.4 Å². The summed E-state index contributed by atoms with van der Waals surface area (Å²) in [5.41, 5.74) is 3.89. The van der Waals surface area contributed by atoms with E-state index in [9.17, 15) is 19.4 Å². The van der Waals surface area contributed by atoms with Gasteiger partial charge in [-0.05, 0) is 97.0 Å². The molecule has 3 aliphatic rings. The molecule has 6 unspecified atom stereocenters. The number of carbonyl (C=O) groups excluding carboxylic acids is 1. The number of ether oxygens (including phenoxy) is 4. The summed E-state index contributed by atoms with van der Waals surface area (Å²) >= 11 is 0. The second-order valence-corrected chi connectivity index (χ2v) is 16.5. The van der Waals surface area contributed by atoms with Gasteiger partial charge in [-0.25, -0.2) is 9.18 Å². The van der Waals surface area contributed by atoms with Gasteiger partial charge in [-0.2, -0.15) is 0 Å². The number of benzene rings is 4. The Bertz CT molecular complexity index is 2250. The maximum absolute atomic E-state index is 14.8. The van der Waals surface area contributed by atoms with Crippen LogP contribution in [0.15, 0.2) is 127 Å². The van der Waals surface area contributed by atoms with Gasteiger partial charge in [-0.3, -0.25) is 4.90 Å². The van der Waals surface area contributed by atoms with Gasteiger partial charge in [-0.1, -0.05) is 96.9 Å². The Kier molecular flexibility index (Phi) is 15.7. The minimum absolute atomic E-state index is 0.0123. The van der Waals surface area contributed by atoms with E-state index < -0.39 is 23.8 Å². The molecule has 0 aromatic heterocycles. The van der Waals surface area contributed by atoms with Crippen LogP contribution >= 0.6 is 0 Å². The molecular weight excluding hydrogens is 800 g/mol. The number of unbranched alkanes of at least 4 members (excludes halogenated alkanes) is 2. The highest BCUT2D eigenvalue weighted by Crippen LogP contribution is 2.62. The highest BCUT2D eigenvalue weighted by atomic mass is 19.1. The molecule has 2 aliphatic carbocycles. The summed E-state index contributed by atoms with van der Waals surface area (Å²) in [6.45, 7) is 10.8. The van der Waals surface area contributed by atoms with Crippen molar-refractivity contribution < 1.29 is 43.2 Å². The largest absolute Gasteiger partial charge is 0.489 e. The van der Waals surface area contributed by atoms with Crippen LogP contribution in [-0.2, 0) is 27.5 Å². The first-order valence-electron chi connectivity index (χ1n) is 22.4. The normalized spacial score (nSPS) is 22.9. The van der Waals surface area contributed by atoms with Crippen LogP contribution in [0.4, 0.5) is 9.18 Å². The number of aliphatic hydroxyl groups excluding tert-OH is 2. The smallest absolute Gasteiger partial charge is 0.410 e. The Morgan fingerprint density at radius 1 is 0.952 bits per heavy atom. The van der Waals surface area contributed by atoms with Gasteiger partial charge in [0.1, 0.15) is 36.6 Å². The molecule has 334 valence electrons. The zero-order valence-electron chi connectivity index (χ0n) is 36.3. The maximum Gasteiger partial charge on any atom is 0.410 e. The van der Waals surface area contributed by atoms with Crippen molar-refractivity contribution in [2.24, 2.45) is 22.9 Å². The Morgan fingerprint density at radius 3 is 2.49 bits per heavy atom. The van der Waals surface area contributed by atoms with Crippen LogP contribution in [0.5, 0.6) is 11.5 Å². The summed E-state index contributed by atoms with van der Waals surface area (Å²) in [4.78, 5) is 22.5. The highest BCUT2D eigenvalue weighted by Gasteiger charge is 2.65. The summed E-state index contributed by atoms with van der Waals surface area (Å²) in [5.74, 6) is -1.40. The topological polar surface area (TPSA) is 119 Å². The van der Waals surface area contributed by atoms with E-state index in [1.54, 1.807) is 35.3 Å². The number of allylic oxidation sites excluding steroid dienone is 1. The van der Waals surface area contributed by atoms with Crippen LogP contribution in [0, 0.1) is 23.6 Å². The van der Waals surface area contributed by atoms with E-state index in [-0.39, 0.29) is 69.6 Å². The van der Waals surface area contributed by atoms with Gasteiger partial charge in [0.15, 0.2) is 0 Å². The van der Waals surface area contributed by atoms with Crippen molar-refractivity contribution in [2.45, 2.75) is 89.2 Å². The molecule has 6 atom stereocenters. The molecule has 1 aliphatic heterocycles. The van der Waals surface area contributed by atoms with Crippen LogP contribution in [-0.4, -0.2) is 71.8 Å². The van der Waals surface area contributed by atoms with Crippen molar-refractivity contribution in [1.82, 2.24) is 4.90 Å². The fourth-order valence-corrected chi connectivity index (χ4v) is 9.89. The molecule has 11 heteroatoms. The summed E-state index contributed by atoms with van der Waals surface area (Å²) in [7, 11) is 0. The number of rotatable bonds is 22. The van der Waals surface area contributed by atoms with Crippen LogP contribution in [0.2, 0.25) is 0 Å². The Hall–Kier alpha value is -5.49. The molecule has 0 saturated heterocycles. The summed E-state index contributed by atoms with van der Waals surface area (Å²) in [5, 5.41) is 26.8. The van der Waals surface area contributed by atoms with Crippen molar-refractivity contribution in [3.63, 3.8) is 0 Å². The van der Waals surface area contributed by atoms with E-state index in [1.165, 1.54) is 6.07 Å². The molecular formula is C52H61FN2O8. The number of carbonyl (C=O) groups is 1. The summed E-state index contributed by atoms with van der Waals surface area (Å²) in [6.07, 6.45) is 10.4. The third-order valence-electron chi connectivity index (χ3n) is 12.7. The van der Waals surface area contributed by atoms with Crippen molar-refractivity contribution >= 4 is 22.6 Å². The van der Waals surface area contributed by atoms with Crippen LogP contribution < -0.4 is 9.47 Å². The lowest BCUT2D eigenvalue weighted by Crippen LogP contribution is -2.70. The minimum atomic E-state index is -1.48. The first-order chi connectivity index (χ1) is 30.9. The predicted molar refractivity (Wildman–Crippen MR) is 243 cm³/mol. The third-order valence-corrected chi connectivity index (χ3v) is 12.7. The minimum Gasteiger partial charge on any atom is -0.489 e. The molecule has 10 nitrogen and oxygen atoms in total. The Morgan fingerprint density at radius 2 is 1.71 bits per heavy atom. The molecule has 0 radical (unpaired) electrons. The number of fused-ring (bicyclic) bond motifs is 3. The van der Waals surface area contributed by atoms with Crippen molar-refractivity contribution in [3.8, 4) is 11.5 Å². The molecule has 63 heavy (non-hydrogen) atoms. The molecule has 4 aromatic carbocycles.